The summed E-state index contributed by atoms with van der Waals surface area (Å²) in [5.41, 5.74) is 2.71. The fourth-order valence-electron chi connectivity index (χ4n) is 3.93. The quantitative estimate of drug-likeness (QED) is 0.358. The van der Waals surface area contributed by atoms with E-state index >= 15 is 0 Å². The van der Waals surface area contributed by atoms with Gasteiger partial charge in [-0.2, -0.15) is 0 Å². The summed E-state index contributed by atoms with van der Waals surface area (Å²) in [7, 11) is 0. The summed E-state index contributed by atoms with van der Waals surface area (Å²) in [6.45, 7) is 5.11. The van der Waals surface area contributed by atoms with E-state index in [-0.39, 0.29) is 5.56 Å². The van der Waals surface area contributed by atoms with Gasteiger partial charge < -0.3 is 9.47 Å². The Morgan fingerprint density at radius 2 is 1.48 bits per heavy atom. The van der Waals surface area contributed by atoms with Crippen LogP contribution in [0, 0.1) is 23.4 Å². The Bertz CT molecular complexity index is 1130. The average molecular weight is 453 g/mol. The highest BCUT2D eigenvalue weighted by molar-refractivity contribution is 5.71. The molecule has 0 unspecified atom stereocenters. The SMILES string of the molecule is C/C=C\Cc1ccc(-c2ccc(-c3ccc(C4OCC(CC)CO4)cc3F)cc2)c(F)c1F. The van der Waals surface area contributed by atoms with Crippen LogP contribution in [0.3, 0.4) is 0 Å². The van der Waals surface area contributed by atoms with Gasteiger partial charge in [0.2, 0.25) is 0 Å². The molecule has 1 heterocycles. The zero-order chi connectivity index (χ0) is 23.4. The lowest BCUT2D eigenvalue weighted by atomic mass is 9.97. The molecule has 1 saturated heterocycles. The molecule has 0 atom stereocenters. The maximum Gasteiger partial charge on any atom is 0.183 e. The van der Waals surface area contributed by atoms with Crippen LogP contribution in [0.5, 0.6) is 0 Å². The summed E-state index contributed by atoms with van der Waals surface area (Å²) in [6, 6.07) is 14.8. The van der Waals surface area contributed by atoms with Gasteiger partial charge in [0.15, 0.2) is 17.9 Å². The minimum absolute atomic E-state index is 0.177. The number of ether oxygens (including phenoxy) is 2. The molecule has 4 rings (SSSR count). The predicted molar refractivity (Wildman–Crippen MR) is 124 cm³/mol. The largest absolute Gasteiger partial charge is 0.348 e. The number of halogens is 3. The molecular weight excluding hydrogens is 425 g/mol. The molecule has 0 radical (unpaired) electrons. The van der Waals surface area contributed by atoms with Gasteiger partial charge in [0.1, 0.15) is 5.82 Å². The van der Waals surface area contributed by atoms with E-state index in [1.807, 2.05) is 6.92 Å². The number of hydrogen-bond donors (Lipinski definition) is 0. The molecule has 172 valence electrons. The smallest absolute Gasteiger partial charge is 0.183 e. The maximum absolute atomic E-state index is 14.9. The summed E-state index contributed by atoms with van der Waals surface area (Å²) in [5.74, 6) is -1.74. The van der Waals surface area contributed by atoms with E-state index in [0.717, 1.165) is 6.42 Å². The van der Waals surface area contributed by atoms with Crippen molar-refractivity contribution in [2.75, 3.05) is 13.2 Å². The molecule has 0 N–H and O–H groups in total. The van der Waals surface area contributed by atoms with Gasteiger partial charge in [-0.3, -0.25) is 0 Å². The van der Waals surface area contributed by atoms with Crippen molar-refractivity contribution in [3.63, 3.8) is 0 Å². The molecule has 1 aliphatic rings. The minimum atomic E-state index is -0.877. The maximum atomic E-state index is 14.9. The Hall–Kier alpha value is -2.89. The fourth-order valence-corrected chi connectivity index (χ4v) is 3.93. The third-order valence-electron chi connectivity index (χ3n) is 6.05. The van der Waals surface area contributed by atoms with Crippen LogP contribution < -0.4 is 0 Å². The zero-order valence-corrected chi connectivity index (χ0v) is 18.8. The average Bonchev–Trinajstić information content (AvgIpc) is 2.85. The number of hydrogen-bond acceptors (Lipinski definition) is 2. The van der Waals surface area contributed by atoms with Gasteiger partial charge in [0.05, 0.1) is 13.2 Å². The van der Waals surface area contributed by atoms with Gasteiger partial charge in [0.25, 0.3) is 0 Å². The molecule has 33 heavy (non-hydrogen) atoms. The molecule has 1 fully saturated rings. The van der Waals surface area contributed by atoms with Crippen LogP contribution in [0.15, 0.2) is 66.7 Å². The van der Waals surface area contributed by atoms with Crippen molar-refractivity contribution in [2.45, 2.75) is 33.0 Å². The van der Waals surface area contributed by atoms with Gasteiger partial charge in [-0.15, -0.1) is 0 Å². The van der Waals surface area contributed by atoms with E-state index in [2.05, 4.69) is 6.92 Å². The van der Waals surface area contributed by atoms with Crippen molar-refractivity contribution in [3.05, 3.63) is 95.3 Å². The molecule has 2 nitrogen and oxygen atoms in total. The molecule has 0 aromatic heterocycles. The molecule has 0 saturated carbocycles. The summed E-state index contributed by atoms with van der Waals surface area (Å²) >= 11 is 0. The molecule has 0 spiro atoms. The number of rotatable bonds is 6. The highest BCUT2D eigenvalue weighted by Gasteiger charge is 2.23. The van der Waals surface area contributed by atoms with Crippen molar-refractivity contribution in [1.29, 1.82) is 0 Å². The van der Waals surface area contributed by atoms with Crippen molar-refractivity contribution in [3.8, 4) is 22.3 Å². The lowest BCUT2D eigenvalue weighted by Crippen LogP contribution is -2.26. The first kappa shape index (κ1) is 23.3. The van der Waals surface area contributed by atoms with Gasteiger partial charge in [-0.25, -0.2) is 13.2 Å². The van der Waals surface area contributed by atoms with Crippen LogP contribution in [0.25, 0.3) is 22.3 Å². The Labute approximate surface area is 192 Å². The van der Waals surface area contributed by atoms with Crippen molar-refractivity contribution < 1.29 is 22.6 Å². The van der Waals surface area contributed by atoms with Crippen LogP contribution in [-0.2, 0) is 15.9 Å². The van der Waals surface area contributed by atoms with Crippen LogP contribution in [0.1, 0.15) is 37.7 Å². The highest BCUT2D eigenvalue weighted by atomic mass is 19.2. The van der Waals surface area contributed by atoms with Crippen LogP contribution in [-0.4, -0.2) is 13.2 Å². The molecule has 0 amide bonds. The van der Waals surface area contributed by atoms with Gasteiger partial charge in [-0.05, 0) is 42.5 Å². The van der Waals surface area contributed by atoms with E-state index in [4.69, 9.17) is 9.47 Å². The number of allylic oxidation sites excluding steroid dienone is 2. The summed E-state index contributed by atoms with van der Waals surface area (Å²) in [5, 5.41) is 0. The summed E-state index contributed by atoms with van der Waals surface area (Å²) < 4.78 is 55.4. The Balaban J connectivity index is 1.53. The molecule has 3 aromatic rings. The second-order valence-corrected chi connectivity index (χ2v) is 8.26. The lowest BCUT2D eigenvalue weighted by Gasteiger charge is -2.29. The second-order valence-electron chi connectivity index (χ2n) is 8.26. The van der Waals surface area contributed by atoms with Crippen molar-refractivity contribution in [1.82, 2.24) is 0 Å². The molecule has 1 aliphatic heterocycles. The second kappa shape index (κ2) is 10.4. The van der Waals surface area contributed by atoms with E-state index in [1.165, 1.54) is 6.07 Å². The van der Waals surface area contributed by atoms with Gasteiger partial charge in [0, 0.05) is 22.6 Å². The van der Waals surface area contributed by atoms with Gasteiger partial charge >= 0.3 is 0 Å². The molecule has 5 heteroatoms. The van der Waals surface area contributed by atoms with E-state index in [9.17, 15) is 13.2 Å². The third kappa shape index (κ3) is 5.05. The Morgan fingerprint density at radius 1 is 0.848 bits per heavy atom. The third-order valence-corrected chi connectivity index (χ3v) is 6.05. The Kier molecular flexibility index (Phi) is 7.31. The summed E-state index contributed by atoms with van der Waals surface area (Å²) in [4.78, 5) is 0. The fraction of sp³-hybridized carbons (Fsp3) is 0.286. The van der Waals surface area contributed by atoms with E-state index in [1.54, 1.807) is 60.7 Å². The Morgan fingerprint density at radius 3 is 2.09 bits per heavy atom. The van der Waals surface area contributed by atoms with Crippen LogP contribution in [0.4, 0.5) is 13.2 Å². The van der Waals surface area contributed by atoms with Crippen LogP contribution >= 0.6 is 0 Å². The molecule has 3 aromatic carbocycles. The first-order chi connectivity index (χ1) is 16.0. The van der Waals surface area contributed by atoms with E-state index < -0.39 is 23.7 Å². The normalized spacial score (nSPS) is 18.7. The first-order valence-electron chi connectivity index (χ1n) is 11.2. The molecule has 0 aliphatic carbocycles. The van der Waals surface area contributed by atoms with Gasteiger partial charge in [-0.1, -0.05) is 67.6 Å². The van der Waals surface area contributed by atoms with E-state index in [0.29, 0.717) is 53.4 Å². The number of benzene rings is 3. The topological polar surface area (TPSA) is 18.5 Å². The predicted octanol–water partition coefficient (Wildman–Crippen LogP) is 7.63. The lowest BCUT2D eigenvalue weighted by molar-refractivity contribution is -0.205. The molecule has 0 bridgehead atoms. The monoisotopic (exact) mass is 452 g/mol. The zero-order valence-electron chi connectivity index (χ0n) is 18.8. The van der Waals surface area contributed by atoms with Crippen molar-refractivity contribution >= 4 is 0 Å². The minimum Gasteiger partial charge on any atom is -0.348 e. The molecular formula is C28H27F3O2. The first-order valence-corrected chi connectivity index (χ1v) is 11.2. The van der Waals surface area contributed by atoms with Crippen molar-refractivity contribution in [2.24, 2.45) is 5.92 Å². The standard InChI is InChI=1S/C28H27F3O2/c1-3-5-6-21-11-14-24(27(31)26(21)30)20-9-7-19(8-10-20)23-13-12-22(15-25(23)29)28-32-16-18(4-2)17-33-28/h3,5,7-15,18,28H,4,6,16-17H2,1-2H3/b5-3-. The summed E-state index contributed by atoms with van der Waals surface area (Å²) in [6.07, 6.45) is 4.33. The highest BCUT2D eigenvalue weighted by Crippen LogP contribution is 2.32. The van der Waals surface area contributed by atoms with Crippen LogP contribution in [0.2, 0.25) is 0 Å².